The largest absolute Gasteiger partial charge is 0.352 e. The summed E-state index contributed by atoms with van der Waals surface area (Å²) in [4.78, 5) is 24.7. The number of aromatic nitrogens is 2. The van der Waals surface area contributed by atoms with Gasteiger partial charge in [-0.3, -0.25) is 19.7 Å². The molecular formula is C28H32N4O. The van der Waals surface area contributed by atoms with E-state index in [0.717, 1.165) is 48.4 Å². The number of likely N-dealkylation sites (tertiary alicyclic amines) is 1. The molecule has 1 amide bonds. The lowest BCUT2D eigenvalue weighted by Crippen LogP contribution is -2.53. The van der Waals surface area contributed by atoms with Crippen LogP contribution in [0.15, 0.2) is 79.6 Å². The molecule has 1 atom stereocenters. The van der Waals surface area contributed by atoms with E-state index in [1.54, 1.807) is 6.08 Å². The molecule has 1 fully saturated rings. The normalized spacial score (nSPS) is 18.6. The van der Waals surface area contributed by atoms with Crippen LogP contribution in [0, 0.1) is 12.3 Å². The maximum Gasteiger partial charge on any atom is 0.228 e. The van der Waals surface area contributed by atoms with Gasteiger partial charge in [0.2, 0.25) is 5.91 Å². The Hall–Kier alpha value is -3.31. The smallest absolute Gasteiger partial charge is 0.228 e. The number of carbonyl (C=O) groups is 1. The zero-order valence-electron chi connectivity index (χ0n) is 19.3. The van der Waals surface area contributed by atoms with Crippen molar-refractivity contribution in [3.8, 4) is 11.1 Å². The average Bonchev–Trinajstić information content (AvgIpc) is 2.83. The molecule has 5 nitrogen and oxygen atoms in total. The summed E-state index contributed by atoms with van der Waals surface area (Å²) < 4.78 is 0. The molecule has 1 aliphatic rings. The van der Waals surface area contributed by atoms with Gasteiger partial charge in [-0.2, -0.15) is 0 Å². The highest BCUT2D eigenvalue weighted by molar-refractivity contribution is 5.83. The van der Waals surface area contributed by atoms with Gasteiger partial charge in [0.05, 0.1) is 11.1 Å². The molecule has 3 aromatic rings. The molecule has 33 heavy (non-hydrogen) atoms. The van der Waals surface area contributed by atoms with Gasteiger partial charge >= 0.3 is 0 Å². The third-order valence-electron chi connectivity index (χ3n) is 6.36. The van der Waals surface area contributed by atoms with Crippen molar-refractivity contribution in [3.05, 3.63) is 96.6 Å². The summed E-state index contributed by atoms with van der Waals surface area (Å²) >= 11 is 0. The number of hydrogen-bond donors (Lipinski definition) is 1. The molecule has 1 aromatic carbocycles. The minimum atomic E-state index is -0.484. The second-order valence-corrected chi connectivity index (χ2v) is 8.98. The van der Waals surface area contributed by atoms with Crippen LogP contribution in [0.25, 0.3) is 11.1 Å². The van der Waals surface area contributed by atoms with Gasteiger partial charge in [-0.25, -0.2) is 0 Å². The van der Waals surface area contributed by atoms with Crippen LogP contribution in [0.5, 0.6) is 0 Å². The van der Waals surface area contributed by atoms with Crippen LogP contribution in [-0.4, -0.2) is 40.4 Å². The lowest BCUT2D eigenvalue weighted by Gasteiger charge is -2.42. The second kappa shape index (κ2) is 10.5. The van der Waals surface area contributed by atoms with E-state index < -0.39 is 5.41 Å². The Bertz CT molecular complexity index is 1100. The molecule has 1 aliphatic heterocycles. The van der Waals surface area contributed by atoms with Gasteiger partial charge in [0.15, 0.2) is 0 Å². The van der Waals surface area contributed by atoms with Crippen molar-refractivity contribution < 1.29 is 4.79 Å². The molecule has 0 radical (unpaired) electrons. The van der Waals surface area contributed by atoms with Gasteiger partial charge < -0.3 is 5.32 Å². The Kier molecular flexibility index (Phi) is 7.30. The standard InChI is InChI=1S/C28H32N4O/c1-3-14-30-27(33)28(13-6-17-32(21-28)20-26-10-4-7-22(2)31-26)19-23-8-5-9-25(18-23)24-11-15-29-16-12-24/h3-5,7-12,15-16,18H,1,6,13-14,17,19-21H2,2H3,(H,30,33)/t28-/m0/s1. The van der Waals surface area contributed by atoms with Gasteiger partial charge in [-0.1, -0.05) is 36.4 Å². The fraction of sp³-hybridized carbons (Fsp3) is 0.321. The summed E-state index contributed by atoms with van der Waals surface area (Å²) in [5.41, 5.74) is 5.04. The monoisotopic (exact) mass is 440 g/mol. The van der Waals surface area contributed by atoms with Gasteiger partial charge in [-0.15, -0.1) is 6.58 Å². The van der Waals surface area contributed by atoms with Gasteiger partial charge in [-0.05, 0) is 73.7 Å². The van der Waals surface area contributed by atoms with Gasteiger partial charge in [0, 0.05) is 37.7 Å². The van der Waals surface area contributed by atoms with Crippen LogP contribution < -0.4 is 5.32 Å². The Labute approximate surface area is 196 Å². The number of hydrogen-bond acceptors (Lipinski definition) is 4. The van der Waals surface area contributed by atoms with Crippen molar-refractivity contribution in [3.63, 3.8) is 0 Å². The van der Waals surface area contributed by atoms with Crippen molar-refractivity contribution >= 4 is 5.91 Å². The number of carbonyl (C=O) groups excluding carboxylic acids is 1. The molecule has 0 bridgehead atoms. The van der Waals surface area contributed by atoms with Gasteiger partial charge in [0.1, 0.15) is 0 Å². The van der Waals surface area contributed by atoms with Crippen LogP contribution in [0.2, 0.25) is 0 Å². The van der Waals surface area contributed by atoms with E-state index >= 15 is 0 Å². The Morgan fingerprint density at radius 1 is 1.15 bits per heavy atom. The number of amides is 1. The van der Waals surface area contributed by atoms with E-state index in [1.165, 1.54) is 5.56 Å². The molecule has 2 aromatic heterocycles. The summed E-state index contributed by atoms with van der Waals surface area (Å²) in [6.45, 7) is 8.72. The minimum Gasteiger partial charge on any atom is -0.352 e. The fourth-order valence-electron chi connectivity index (χ4n) is 4.84. The number of aryl methyl sites for hydroxylation is 1. The first kappa shape index (κ1) is 22.9. The van der Waals surface area contributed by atoms with Crippen LogP contribution in [-0.2, 0) is 17.8 Å². The van der Waals surface area contributed by atoms with E-state index in [0.29, 0.717) is 19.5 Å². The lowest BCUT2D eigenvalue weighted by molar-refractivity contribution is -0.134. The van der Waals surface area contributed by atoms with E-state index in [9.17, 15) is 4.79 Å². The van der Waals surface area contributed by atoms with Crippen LogP contribution in [0.1, 0.15) is 29.8 Å². The molecule has 1 saturated heterocycles. The maximum absolute atomic E-state index is 13.5. The molecule has 1 N–H and O–H groups in total. The highest BCUT2D eigenvalue weighted by Gasteiger charge is 2.42. The number of nitrogens with zero attached hydrogens (tertiary/aromatic N) is 3. The molecule has 0 aliphatic carbocycles. The number of nitrogens with one attached hydrogen (secondary N) is 1. The summed E-state index contributed by atoms with van der Waals surface area (Å²) in [6, 6.07) is 18.7. The number of pyridine rings is 2. The number of piperidine rings is 1. The van der Waals surface area contributed by atoms with E-state index in [2.05, 4.69) is 63.2 Å². The van der Waals surface area contributed by atoms with Crippen LogP contribution in [0.3, 0.4) is 0 Å². The van der Waals surface area contributed by atoms with Gasteiger partial charge in [0.25, 0.3) is 0 Å². The molecular weight excluding hydrogens is 408 g/mol. The number of rotatable bonds is 8. The zero-order chi connectivity index (χ0) is 23.1. The third-order valence-corrected chi connectivity index (χ3v) is 6.36. The summed E-state index contributed by atoms with van der Waals surface area (Å²) in [7, 11) is 0. The summed E-state index contributed by atoms with van der Waals surface area (Å²) in [6.07, 6.45) is 7.92. The molecule has 4 rings (SSSR count). The minimum absolute atomic E-state index is 0.110. The Morgan fingerprint density at radius 2 is 1.97 bits per heavy atom. The molecule has 0 unspecified atom stereocenters. The summed E-state index contributed by atoms with van der Waals surface area (Å²) in [5, 5.41) is 3.10. The SMILES string of the molecule is C=CCNC(=O)[C@]1(Cc2cccc(-c3ccncc3)c2)CCCN(Cc2cccc(C)n2)C1. The van der Waals surface area contributed by atoms with E-state index in [1.807, 2.05) is 37.5 Å². The first-order valence-electron chi connectivity index (χ1n) is 11.6. The van der Waals surface area contributed by atoms with Crippen molar-refractivity contribution in [1.29, 1.82) is 0 Å². The predicted octanol–water partition coefficient (Wildman–Crippen LogP) is 4.58. The van der Waals surface area contributed by atoms with Crippen molar-refractivity contribution in [2.24, 2.45) is 5.41 Å². The lowest BCUT2D eigenvalue weighted by atomic mass is 9.74. The van der Waals surface area contributed by atoms with Crippen molar-refractivity contribution in [2.75, 3.05) is 19.6 Å². The topological polar surface area (TPSA) is 58.1 Å². The van der Waals surface area contributed by atoms with Crippen molar-refractivity contribution in [1.82, 2.24) is 20.2 Å². The number of benzene rings is 1. The maximum atomic E-state index is 13.5. The van der Waals surface area contributed by atoms with Crippen LogP contribution in [0.4, 0.5) is 0 Å². The van der Waals surface area contributed by atoms with E-state index in [4.69, 9.17) is 0 Å². The molecule has 0 saturated carbocycles. The van der Waals surface area contributed by atoms with Crippen LogP contribution >= 0.6 is 0 Å². The summed E-state index contributed by atoms with van der Waals surface area (Å²) in [5.74, 6) is 0.110. The molecule has 3 heterocycles. The Balaban J connectivity index is 1.59. The highest BCUT2D eigenvalue weighted by atomic mass is 16.2. The first-order chi connectivity index (χ1) is 16.1. The highest BCUT2D eigenvalue weighted by Crippen LogP contribution is 2.35. The predicted molar refractivity (Wildman–Crippen MR) is 133 cm³/mol. The first-order valence-corrected chi connectivity index (χ1v) is 11.6. The molecule has 5 heteroatoms. The quantitative estimate of drug-likeness (QED) is 0.521. The Morgan fingerprint density at radius 3 is 2.76 bits per heavy atom. The zero-order valence-corrected chi connectivity index (χ0v) is 19.3. The molecule has 0 spiro atoms. The fourth-order valence-corrected chi connectivity index (χ4v) is 4.84. The molecule has 170 valence electrons. The average molecular weight is 441 g/mol. The second-order valence-electron chi connectivity index (χ2n) is 8.98. The third kappa shape index (κ3) is 5.74. The van der Waals surface area contributed by atoms with Crippen molar-refractivity contribution in [2.45, 2.75) is 32.7 Å². The van der Waals surface area contributed by atoms with E-state index in [-0.39, 0.29) is 5.91 Å².